The lowest BCUT2D eigenvalue weighted by Gasteiger charge is -2.19. The predicted molar refractivity (Wildman–Crippen MR) is 68.6 cm³/mol. The van der Waals surface area contributed by atoms with Crippen LogP contribution in [0.25, 0.3) is 0 Å². The molecule has 0 spiro atoms. The number of aromatic nitrogens is 1. The highest BCUT2D eigenvalue weighted by molar-refractivity contribution is 5.85. The molecule has 0 radical (unpaired) electrons. The summed E-state index contributed by atoms with van der Waals surface area (Å²) in [6.07, 6.45) is 6.15. The summed E-state index contributed by atoms with van der Waals surface area (Å²) in [5.41, 5.74) is 0.285. The average Bonchev–Trinajstić information content (AvgIpc) is 2.26. The van der Waals surface area contributed by atoms with Crippen LogP contribution in [-0.4, -0.2) is 23.8 Å². The number of anilines is 1. The van der Waals surface area contributed by atoms with Crippen LogP contribution < -0.4 is 10.1 Å². The number of nitrogens with zero attached hydrogens (tertiary/aromatic N) is 1. The van der Waals surface area contributed by atoms with E-state index in [1.165, 1.54) is 13.3 Å². The second kappa shape index (κ2) is 5.41. The third kappa shape index (κ3) is 3.98. The Labute approximate surface area is 107 Å². The maximum Gasteiger partial charge on any atom is 0.412 e. The van der Waals surface area contributed by atoms with Gasteiger partial charge in [0, 0.05) is 6.07 Å². The van der Waals surface area contributed by atoms with Crippen LogP contribution >= 0.6 is 0 Å². The summed E-state index contributed by atoms with van der Waals surface area (Å²) >= 11 is 0. The minimum atomic E-state index is -0.556. The fourth-order valence-electron chi connectivity index (χ4n) is 1.20. The number of pyridine rings is 1. The quantitative estimate of drug-likeness (QED) is 0.816. The lowest BCUT2D eigenvalue weighted by Crippen LogP contribution is -2.27. The van der Waals surface area contributed by atoms with Crippen LogP contribution in [0.3, 0.4) is 0 Å². The Morgan fingerprint density at radius 2 is 2.17 bits per heavy atom. The smallest absolute Gasteiger partial charge is 0.412 e. The van der Waals surface area contributed by atoms with Crippen LogP contribution in [0.4, 0.5) is 10.5 Å². The van der Waals surface area contributed by atoms with Crippen molar-refractivity contribution in [2.24, 2.45) is 0 Å². The van der Waals surface area contributed by atoms with Crippen LogP contribution in [0.1, 0.15) is 26.5 Å². The van der Waals surface area contributed by atoms with Gasteiger partial charge >= 0.3 is 6.09 Å². The Morgan fingerprint density at radius 3 is 2.67 bits per heavy atom. The molecule has 0 aliphatic carbocycles. The topological polar surface area (TPSA) is 60.5 Å². The minimum Gasteiger partial charge on any atom is -0.494 e. The number of hydrogen-bond donors (Lipinski definition) is 1. The number of nitrogens with one attached hydrogen (secondary N) is 1. The molecule has 1 amide bonds. The molecular formula is C13H16N2O3. The maximum atomic E-state index is 11.5. The van der Waals surface area contributed by atoms with Gasteiger partial charge in [-0.2, -0.15) is 0 Å². The molecule has 96 valence electrons. The minimum absolute atomic E-state index is 0.382. The Bertz CT molecular complexity index is 484. The van der Waals surface area contributed by atoms with Gasteiger partial charge in [0.05, 0.1) is 19.0 Å². The van der Waals surface area contributed by atoms with E-state index in [0.29, 0.717) is 17.1 Å². The number of terminal acetylenes is 1. The first-order chi connectivity index (χ1) is 8.35. The van der Waals surface area contributed by atoms with Gasteiger partial charge in [-0.15, -0.1) is 6.42 Å². The number of carbonyl (C=O) groups is 1. The van der Waals surface area contributed by atoms with Gasteiger partial charge in [-0.05, 0) is 26.7 Å². The molecule has 0 atom stereocenters. The fraction of sp³-hybridized carbons (Fsp3) is 0.385. The van der Waals surface area contributed by atoms with Crippen LogP contribution in [0.15, 0.2) is 12.3 Å². The molecule has 1 aromatic heterocycles. The molecule has 0 saturated heterocycles. The third-order valence-electron chi connectivity index (χ3n) is 1.85. The molecular weight excluding hydrogens is 232 g/mol. The summed E-state index contributed by atoms with van der Waals surface area (Å²) in [6.45, 7) is 5.35. The number of rotatable bonds is 2. The first-order valence-corrected chi connectivity index (χ1v) is 5.36. The van der Waals surface area contributed by atoms with Crippen LogP contribution in [0.2, 0.25) is 0 Å². The van der Waals surface area contributed by atoms with Gasteiger partial charge in [-0.1, -0.05) is 0 Å². The van der Waals surface area contributed by atoms with Crippen molar-refractivity contribution in [3.8, 4) is 18.1 Å². The van der Waals surface area contributed by atoms with Gasteiger partial charge in [0.15, 0.2) is 11.4 Å². The van der Waals surface area contributed by atoms with Crippen molar-refractivity contribution in [2.75, 3.05) is 12.4 Å². The van der Waals surface area contributed by atoms with Gasteiger partial charge < -0.3 is 9.47 Å². The first kappa shape index (κ1) is 13.8. The second-order valence-electron chi connectivity index (χ2n) is 4.55. The molecule has 0 aliphatic heterocycles. The van der Waals surface area contributed by atoms with E-state index in [4.69, 9.17) is 15.9 Å². The number of ether oxygens (including phenoxy) is 2. The second-order valence-corrected chi connectivity index (χ2v) is 4.55. The zero-order valence-corrected chi connectivity index (χ0v) is 10.9. The van der Waals surface area contributed by atoms with Crippen molar-refractivity contribution in [3.63, 3.8) is 0 Å². The first-order valence-electron chi connectivity index (χ1n) is 5.36. The normalized spacial score (nSPS) is 10.4. The van der Waals surface area contributed by atoms with Crippen LogP contribution in [0.5, 0.6) is 5.75 Å². The van der Waals surface area contributed by atoms with E-state index in [-0.39, 0.29) is 0 Å². The largest absolute Gasteiger partial charge is 0.494 e. The average molecular weight is 248 g/mol. The molecule has 1 N–H and O–H groups in total. The molecule has 0 aliphatic rings. The van der Waals surface area contributed by atoms with Crippen molar-refractivity contribution < 1.29 is 14.3 Å². The van der Waals surface area contributed by atoms with Crippen molar-refractivity contribution in [2.45, 2.75) is 26.4 Å². The molecule has 0 unspecified atom stereocenters. The van der Waals surface area contributed by atoms with E-state index in [9.17, 15) is 4.79 Å². The van der Waals surface area contributed by atoms with Crippen LogP contribution in [0, 0.1) is 12.3 Å². The Hall–Kier alpha value is -2.22. The molecule has 5 nitrogen and oxygen atoms in total. The standard InChI is InChI=1S/C13H16N2O3/c1-6-10-11(17-5)7-9(8-14-10)15-12(16)18-13(2,3)4/h1,7-8H,2-5H3,(H,15,16). The zero-order valence-electron chi connectivity index (χ0n) is 10.9. The fourth-order valence-corrected chi connectivity index (χ4v) is 1.20. The summed E-state index contributed by atoms with van der Waals surface area (Å²) < 4.78 is 10.2. The number of amides is 1. The molecule has 0 fully saturated rings. The highest BCUT2D eigenvalue weighted by Gasteiger charge is 2.16. The lowest BCUT2D eigenvalue weighted by atomic mass is 10.2. The molecule has 0 bridgehead atoms. The summed E-state index contributed by atoms with van der Waals surface area (Å²) in [5, 5.41) is 2.55. The summed E-state index contributed by atoms with van der Waals surface area (Å²) in [6, 6.07) is 1.59. The van der Waals surface area contributed by atoms with E-state index >= 15 is 0 Å². The van der Waals surface area contributed by atoms with Crippen molar-refractivity contribution in [3.05, 3.63) is 18.0 Å². The van der Waals surface area contributed by atoms with Crippen LogP contribution in [-0.2, 0) is 4.74 Å². The lowest BCUT2D eigenvalue weighted by molar-refractivity contribution is 0.0636. The van der Waals surface area contributed by atoms with Gasteiger partial charge in [0.1, 0.15) is 5.60 Å². The summed E-state index contributed by atoms with van der Waals surface area (Å²) in [5.74, 6) is 2.81. The van der Waals surface area contributed by atoms with E-state index in [1.54, 1.807) is 26.8 Å². The highest BCUT2D eigenvalue weighted by atomic mass is 16.6. The van der Waals surface area contributed by atoms with Crippen molar-refractivity contribution in [1.29, 1.82) is 0 Å². The monoisotopic (exact) mass is 248 g/mol. The predicted octanol–water partition coefficient (Wildman–Crippen LogP) is 2.42. The molecule has 1 aromatic rings. The van der Waals surface area contributed by atoms with E-state index < -0.39 is 11.7 Å². The molecule has 1 heterocycles. The van der Waals surface area contributed by atoms with Gasteiger partial charge in [-0.3, -0.25) is 5.32 Å². The summed E-state index contributed by atoms with van der Waals surface area (Å²) in [4.78, 5) is 15.5. The zero-order chi connectivity index (χ0) is 13.8. The molecule has 0 aromatic carbocycles. The highest BCUT2D eigenvalue weighted by Crippen LogP contribution is 2.20. The van der Waals surface area contributed by atoms with E-state index in [0.717, 1.165) is 0 Å². The molecule has 1 rings (SSSR count). The number of carbonyl (C=O) groups excluding carboxylic acids is 1. The van der Waals surface area contributed by atoms with Crippen molar-refractivity contribution in [1.82, 2.24) is 4.98 Å². The molecule has 5 heteroatoms. The molecule has 18 heavy (non-hydrogen) atoms. The third-order valence-corrected chi connectivity index (χ3v) is 1.85. The molecule has 0 saturated carbocycles. The maximum absolute atomic E-state index is 11.5. The number of methoxy groups -OCH3 is 1. The van der Waals surface area contributed by atoms with Gasteiger partial charge in [0.25, 0.3) is 0 Å². The van der Waals surface area contributed by atoms with Gasteiger partial charge in [0.2, 0.25) is 0 Å². The van der Waals surface area contributed by atoms with Crippen molar-refractivity contribution >= 4 is 11.8 Å². The summed E-state index contributed by atoms with van der Waals surface area (Å²) in [7, 11) is 1.48. The van der Waals surface area contributed by atoms with Gasteiger partial charge in [-0.25, -0.2) is 9.78 Å². The Balaban J connectivity index is 2.81. The van der Waals surface area contributed by atoms with E-state index in [1.807, 2.05) is 0 Å². The Morgan fingerprint density at radius 1 is 1.50 bits per heavy atom. The SMILES string of the molecule is C#Cc1ncc(NC(=O)OC(C)(C)C)cc1OC. The van der Waals surface area contributed by atoms with E-state index in [2.05, 4.69) is 16.2 Å². The Kier molecular flexibility index (Phi) is 4.16. The number of hydrogen-bond acceptors (Lipinski definition) is 4.